The molecule has 0 saturated carbocycles. The highest BCUT2D eigenvalue weighted by atomic mass is 127. The first-order chi connectivity index (χ1) is 17.6. The average Bonchev–Trinajstić information content (AvgIpc) is 3.12. The second-order valence-electron chi connectivity index (χ2n) is 8.21. The largest absolute Gasteiger partial charge is 0.480 e. The number of allylic oxidation sites excluding steroid dienone is 1. The van der Waals surface area contributed by atoms with E-state index in [9.17, 15) is 14.4 Å². The van der Waals surface area contributed by atoms with Crippen molar-refractivity contribution in [2.75, 3.05) is 13.2 Å². The number of halogens is 2. The van der Waals surface area contributed by atoms with Crippen LogP contribution in [0.5, 0.6) is 5.75 Å². The lowest BCUT2D eigenvalue weighted by Crippen LogP contribution is -2.39. The first-order valence-corrected chi connectivity index (χ1v) is 14.2. The number of nitrogens with zero attached hydrogens (tertiary/aromatic N) is 2. The fraction of sp³-hybridized carbons (Fsp3) is 0.231. The van der Waals surface area contributed by atoms with Crippen molar-refractivity contribution in [1.29, 1.82) is 0 Å². The molecule has 3 aromatic rings. The molecule has 1 aliphatic rings. The summed E-state index contributed by atoms with van der Waals surface area (Å²) in [5.74, 6) is -1.07. The van der Waals surface area contributed by atoms with E-state index >= 15 is 0 Å². The lowest BCUT2D eigenvalue weighted by atomic mass is 9.95. The summed E-state index contributed by atoms with van der Waals surface area (Å²) in [7, 11) is 0. The third-order valence-electron chi connectivity index (χ3n) is 5.57. The van der Waals surface area contributed by atoms with Crippen LogP contribution in [0.25, 0.3) is 6.08 Å². The predicted molar refractivity (Wildman–Crippen MR) is 157 cm³/mol. The Balaban J connectivity index is 1.86. The highest BCUT2D eigenvalue weighted by Gasteiger charge is 2.33. The molecular formula is C26H22I2N2O6S. The highest BCUT2D eigenvalue weighted by molar-refractivity contribution is 14.1. The molecule has 11 heteroatoms. The molecule has 8 nitrogen and oxygen atoms in total. The first kappa shape index (κ1) is 27.5. The summed E-state index contributed by atoms with van der Waals surface area (Å²) in [6.07, 6.45) is 1.77. The van der Waals surface area contributed by atoms with Gasteiger partial charge in [0.25, 0.3) is 5.56 Å². The number of aryl methyl sites for hydroxylation is 1. The monoisotopic (exact) mass is 744 g/mol. The summed E-state index contributed by atoms with van der Waals surface area (Å²) in [5.41, 5.74) is 3.21. The molecule has 0 amide bonds. The molecule has 1 N–H and O–H groups in total. The normalized spacial score (nSPS) is 15.3. The van der Waals surface area contributed by atoms with Gasteiger partial charge in [0, 0.05) is 0 Å². The van der Waals surface area contributed by atoms with Crippen LogP contribution < -0.4 is 19.6 Å². The van der Waals surface area contributed by atoms with Gasteiger partial charge in [0.05, 0.1) is 35.6 Å². The van der Waals surface area contributed by atoms with Gasteiger partial charge in [-0.2, -0.15) is 0 Å². The van der Waals surface area contributed by atoms with Crippen LogP contribution in [0, 0.1) is 14.1 Å². The number of rotatable bonds is 7. The molecule has 2 heterocycles. The molecule has 0 radical (unpaired) electrons. The Labute approximate surface area is 243 Å². The fourth-order valence-electron chi connectivity index (χ4n) is 3.94. The zero-order valence-corrected chi connectivity index (χ0v) is 25.2. The zero-order valence-electron chi connectivity index (χ0n) is 20.1. The van der Waals surface area contributed by atoms with Crippen molar-refractivity contribution in [3.8, 4) is 5.75 Å². The predicted octanol–water partition coefficient (Wildman–Crippen LogP) is 3.78. The van der Waals surface area contributed by atoms with Gasteiger partial charge in [-0.3, -0.25) is 9.36 Å². The van der Waals surface area contributed by atoms with Crippen LogP contribution in [-0.2, 0) is 14.3 Å². The van der Waals surface area contributed by atoms with E-state index in [0.717, 1.165) is 23.8 Å². The highest BCUT2D eigenvalue weighted by Crippen LogP contribution is 2.31. The molecular weight excluding hydrogens is 722 g/mol. The van der Waals surface area contributed by atoms with E-state index in [1.807, 2.05) is 43.3 Å². The third kappa shape index (κ3) is 5.82. The minimum atomic E-state index is -1.06. The number of carbonyl (C=O) groups excluding carboxylic acids is 1. The van der Waals surface area contributed by atoms with Gasteiger partial charge in [0.1, 0.15) is 5.75 Å². The number of fused-ring (bicyclic) bond motifs is 1. The molecule has 0 bridgehead atoms. The number of carbonyl (C=O) groups is 2. The van der Waals surface area contributed by atoms with Gasteiger partial charge >= 0.3 is 11.9 Å². The molecule has 1 aromatic heterocycles. The number of aliphatic carboxylic acids is 1. The Morgan fingerprint density at radius 3 is 2.41 bits per heavy atom. The van der Waals surface area contributed by atoms with Crippen LogP contribution in [0.1, 0.15) is 36.6 Å². The number of esters is 1. The Hall–Kier alpha value is -2.52. The van der Waals surface area contributed by atoms with E-state index in [-0.39, 0.29) is 12.2 Å². The fourth-order valence-corrected chi connectivity index (χ4v) is 7.12. The van der Waals surface area contributed by atoms with Crippen molar-refractivity contribution < 1.29 is 24.2 Å². The van der Waals surface area contributed by atoms with E-state index in [1.165, 1.54) is 11.3 Å². The Morgan fingerprint density at radius 2 is 1.81 bits per heavy atom. The molecule has 0 saturated heterocycles. The van der Waals surface area contributed by atoms with Crippen LogP contribution >= 0.6 is 56.5 Å². The van der Waals surface area contributed by atoms with E-state index in [0.29, 0.717) is 26.4 Å². The molecule has 2 aromatic carbocycles. The van der Waals surface area contributed by atoms with E-state index in [4.69, 9.17) is 14.6 Å². The number of carboxylic acid groups (broad SMARTS) is 1. The summed E-state index contributed by atoms with van der Waals surface area (Å²) in [6, 6.07) is 10.7. The van der Waals surface area contributed by atoms with Gasteiger partial charge < -0.3 is 14.6 Å². The molecule has 192 valence electrons. The Bertz CT molecular complexity index is 1580. The van der Waals surface area contributed by atoms with Crippen molar-refractivity contribution in [1.82, 2.24) is 4.57 Å². The smallest absolute Gasteiger partial charge is 0.341 e. The molecule has 37 heavy (non-hydrogen) atoms. The number of carboxylic acids is 1. The van der Waals surface area contributed by atoms with Crippen molar-refractivity contribution in [2.24, 2.45) is 4.99 Å². The number of aromatic nitrogens is 1. The molecule has 4 rings (SSSR count). The van der Waals surface area contributed by atoms with Crippen molar-refractivity contribution in [3.05, 3.63) is 91.2 Å². The lowest BCUT2D eigenvalue weighted by Gasteiger charge is -2.24. The maximum atomic E-state index is 13.7. The summed E-state index contributed by atoms with van der Waals surface area (Å²) in [4.78, 5) is 42.7. The summed E-state index contributed by atoms with van der Waals surface area (Å²) < 4.78 is 14.2. The number of ether oxygens (including phenoxy) is 2. The van der Waals surface area contributed by atoms with Crippen LogP contribution in [0.2, 0.25) is 0 Å². The van der Waals surface area contributed by atoms with Gasteiger partial charge in [-0.05, 0) is 95.3 Å². The van der Waals surface area contributed by atoms with E-state index in [1.54, 1.807) is 24.5 Å². The Kier molecular flexibility index (Phi) is 8.53. The number of hydrogen-bond donors (Lipinski definition) is 1. The Morgan fingerprint density at radius 1 is 1.16 bits per heavy atom. The minimum Gasteiger partial charge on any atom is -0.480 e. The second kappa shape index (κ2) is 11.5. The lowest BCUT2D eigenvalue weighted by molar-refractivity contribution is -0.140. The molecule has 1 aliphatic heterocycles. The summed E-state index contributed by atoms with van der Waals surface area (Å²) in [6.45, 7) is 5.24. The maximum Gasteiger partial charge on any atom is 0.341 e. The van der Waals surface area contributed by atoms with Gasteiger partial charge in [-0.25, -0.2) is 14.6 Å². The maximum absolute atomic E-state index is 13.7. The standard InChI is InChI=1S/C26H22I2N2O6S/c1-4-35-25(34)21-14(3)29-26-30(22(21)16-7-5-13(2)6-8-16)24(33)19(37-26)11-15-9-17(27)23(18(28)10-15)36-12-20(31)32/h5-11,22H,4,12H2,1-3H3,(H,31,32)/b19-11+/t22-/m1/s1. The van der Waals surface area contributed by atoms with Crippen LogP contribution in [0.4, 0.5) is 0 Å². The van der Waals surface area contributed by atoms with Crippen LogP contribution in [0.15, 0.2) is 57.5 Å². The van der Waals surface area contributed by atoms with Crippen LogP contribution in [-0.4, -0.2) is 34.8 Å². The van der Waals surface area contributed by atoms with Crippen molar-refractivity contribution in [2.45, 2.75) is 26.8 Å². The summed E-state index contributed by atoms with van der Waals surface area (Å²) >= 11 is 5.41. The van der Waals surface area contributed by atoms with Crippen molar-refractivity contribution >= 4 is 74.5 Å². The van der Waals surface area contributed by atoms with E-state index < -0.39 is 24.6 Å². The topological polar surface area (TPSA) is 107 Å². The first-order valence-electron chi connectivity index (χ1n) is 11.2. The SMILES string of the molecule is CCOC(=O)C1=C(C)N=c2s/c(=C/c3cc(I)c(OCC(=O)O)c(I)c3)c(=O)n2[C@@H]1c1ccc(C)cc1. The molecule has 1 atom stereocenters. The molecule has 0 unspecified atom stereocenters. The minimum absolute atomic E-state index is 0.212. The summed E-state index contributed by atoms with van der Waals surface area (Å²) in [5, 5.41) is 8.92. The van der Waals surface area contributed by atoms with Crippen LogP contribution in [0.3, 0.4) is 0 Å². The zero-order chi connectivity index (χ0) is 26.9. The molecule has 0 spiro atoms. The van der Waals surface area contributed by atoms with Gasteiger partial charge in [0.15, 0.2) is 11.4 Å². The molecule has 0 fully saturated rings. The third-order valence-corrected chi connectivity index (χ3v) is 8.15. The van der Waals surface area contributed by atoms with Gasteiger partial charge in [-0.1, -0.05) is 41.2 Å². The number of benzene rings is 2. The number of hydrogen-bond acceptors (Lipinski definition) is 7. The quantitative estimate of drug-likeness (QED) is 0.292. The van der Waals surface area contributed by atoms with Gasteiger partial charge in [0.2, 0.25) is 0 Å². The average molecular weight is 744 g/mol. The molecule has 0 aliphatic carbocycles. The number of thiazole rings is 1. The van der Waals surface area contributed by atoms with Gasteiger partial charge in [-0.15, -0.1) is 0 Å². The second-order valence-corrected chi connectivity index (χ2v) is 11.5. The van der Waals surface area contributed by atoms with E-state index in [2.05, 4.69) is 50.2 Å². The van der Waals surface area contributed by atoms with Crippen molar-refractivity contribution in [3.63, 3.8) is 0 Å².